The standard InChI is InChI=1S/C19H16N2OS/c1-14-11-16(17-12-21-9-10-23-19(21)20-17)7-8-18(14)22-13-15-5-3-2-4-6-15/h2-12H,13H2,1H3. The number of thiazole rings is 1. The van der Waals surface area contributed by atoms with Crippen LogP contribution >= 0.6 is 11.3 Å². The molecule has 0 unspecified atom stereocenters. The molecule has 0 N–H and O–H groups in total. The summed E-state index contributed by atoms with van der Waals surface area (Å²) in [5.74, 6) is 0.915. The lowest BCUT2D eigenvalue weighted by atomic mass is 10.1. The lowest BCUT2D eigenvalue weighted by Crippen LogP contribution is -1.96. The zero-order valence-corrected chi connectivity index (χ0v) is 13.6. The van der Waals surface area contributed by atoms with Crippen molar-refractivity contribution >= 4 is 16.3 Å². The third-order valence-corrected chi connectivity index (χ3v) is 4.57. The zero-order chi connectivity index (χ0) is 15.6. The molecule has 0 aliphatic carbocycles. The van der Waals surface area contributed by atoms with Crippen LogP contribution in [0.2, 0.25) is 0 Å². The molecule has 2 heterocycles. The van der Waals surface area contributed by atoms with Gasteiger partial charge in [-0.15, -0.1) is 11.3 Å². The van der Waals surface area contributed by atoms with Crippen molar-refractivity contribution in [2.24, 2.45) is 0 Å². The molecule has 0 amide bonds. The summed E-state index contributed by atoms with van der Waals surface area (Å²) >= 11 is 1.64. The maximum Gasteiger partial charge on any atom is 0.194 e. The van der Waals surface area contributed by atoms with Gasteiger partial charge in [0.2, 0.25) is 0 Å². The molecule has 0 bridgehead atoms. The Morgan fingerprint density at radius 2 is 2.00 bits per heavy atom. The van der Waals surface area contributed by atoms with Crippen molar-refractivity contribution in [3.05, 3.63) is 77.4 Å². The Labute approximate surface area is 138 Å². The van der Waals surface area contributed by atoms with Crippen molar-refractivity contribution in [2.45, 2.75) is 13.5 Å². The fourth-order valence-electron chi connectivity index (χ4n) is 2.57. The molecular weight excluding hydrogens is 304 g/mol. The van der Waals surface area contributed by atoms with E-state index < -0.39 is 0 Å². The highest BCUT2D eigenvalue weighted by atomic mass is 32.1. The molecule has 0 spiro atoms. The first-order chi connectivity index (χ1) is 11.3. The molecule has 114 valence electrons. The molecule has 23 heavy (non-hydrogen) atoms. The van der Waals surface area contributed by atoms with Crippen LogP contribution in [0.4, 0.5) is 0 Å². The van der Waals surface area contributed by atoms with E-state index in [2.05, 4.69) is 46.8 Å². The number of imidazole rings is 1. The van der Waals surface area contributed by atoms with Gasteiger partial charge in [0, 0.05) is 23.3 Å². The van der Waals surface area contributed by atoms with E-state index in [0.717, 1.165) is 27.5 Å². The summed E-state index contributed by atoms with van der Waals surface area (Å²) in [5.41, 5.74) is 4.40. The highest BCUT2D eigenvalue weighted by molar-refractivity contribution is 7.15. The molecule has 0 aliphatic rings. The van der Waals surface area contributed by atoms with Crippen LogP contribution in [-0.2, 0) is 6.61 Å². The van der Waals surface area contributed by atoms with Gasteiger partial charge in [-0.1, -0.05) is 30.3 Å². The van der Waals surface area contributed by atoms with E-state index in [4.69, 9.17) is 4.74 Å². The predicted octanol–water partition coefficient (Wildman–Crippen LogP) is 4.95. The van der Waals surface area contributed by atoms with E-state index in [-0.39, 0.29) is 0 Å². The first-order valence-corrected chi connectivity index (χ1v) is 8.37. The van der Waals surface area contributed by atoms with Crippen molar-refractivity contribution < 1.29 is 4.74 Å². The third kappa shape index (κ3) is 2.85. The van der Waals surface area contributed by atoms with E-state index in [9.17, 15) is 0 Å². The number of aryl methyl sites for hydroxylation is 1. The van der Waals surface area contributed by atoms with Gasteiger partial charge in [-0.25, -0.2) is 4.98 Å². The lowest BCUT2D eigenvalue weighted by Gasteiger charge is -2.10. The van der Waals surface area contributed by atoms with E-state index in [0.29, 0.717) is 6.61 Å². The summed E-state index contributed by atoms with van der Waals surface area (Å²) in [6.45, 7) is 2.66. The minimum Gasteiger partial charge on any atom is -0.489 e. The van der Waals surface area contributed by atoms with Crippen molar-refractivity contribution in [2.75, 3.05) is 0 Å². The first-order valence-electron chi connectivity index (χ1n) is 7.49. The normalized spacial score (nSPS) is 11.0. The molecule has 0 saturated carbocycles. The fraction of sp³-hybridized carbons (Fsp3) is 0.105. The van der Waals surface area contributed by atoms with Gasteiger partial charge in [-0.2, -0.15) is 0 Å². The highest BCUT2D eigenvalue weighted by Crippen LogP contribution is 2.27. The minimum atomic E-state index is 0.585. The lowest BCUT2D eigenvalue weighted by molar-refractivity contribution is 0.304. The van der Waals surface area contributed by atoms with Gasteiger partial charge in [0.25, 0.3) is 0 Å². The fourth-order valence-corrected chi connectivity index (χ4v) is 3.27. The number of ether oxygens (including phenoxy) is 1. The number of nitrogens with zero attached hydrogens (tertiary/aromatic N) is 2. The molecule has 0 fully saturated rings. The van der Waals surface area contributed by atoms with Crippen molar-refractivity contribution in [1.82, 2.24) is 9.38 Å². The third-order valence-electron chi connectivity index (χ3n) is 3.80. The number of aromatic nitrogens is 2. The van der Waals surface area contributed by atoms with Crippen molar-refractivity contribution in [3.63, 3.8) is 0 Å². The Balaban J connectivity index is 1.55. The summed E-state index contributed by atoms with van der Waals surface area (Å²) in [6.07, 6.45) is 4.09. The molecule has 3 nitrogen and oxygen atoms in total. The molecule has 4 heteroatoms. The van der Waals surface area contributed by atoms with Crippen LogP contribution in [0.5, 0.6) is 5.75 Å². The van der Waals surface area contributed by atoms with Crippen molar-refractivity contribution in [3.8, 4) is 17.0 Å². The Morgan fingerprint density at radius 1 is 1.13 bits per heavy atom. The SMILES string of the molecule is Cc1cc(-c2cn3ccsc3n2)ccc1OCc1ccccc1. The van der Waals surface area contributed by atoms with E-state index >= 15 is 0 Å². The van der Waals surface area contributed by atoms with Crippen LogP contribution in [0.3, 0.4) is 0 Å². The molecular formula is C19H16N2OS. The van der Waals surface area contributed by atoms with Gasteiger partial charge in [-0.05, 0) is 36.2 Å². The average molecular weight is 320 g/mol. The maximum atomic E-state index is 5.93. The molecule has 2 aromatic heterocycles. The number of benzene rings is 2. The molecule has 4 aromatic rings. The Bertz CT molecular complexity index is 912. The number of hydrogen-bond donors (Lipinski definition) is 0. The molecule has 0 saturated heterocycles. The van der Waals surface area contributed by atoms with Gasteiger partial charge in [0.15, 0.2) is 4.96 Å². The first kappa shape index (κ1) is 14.0. The molecule has 0 radical (unpaired) electrons. The van der Waals surface area contributed by atoms with Crippen LogP contribution in [0.15, 0.2) is 66.3 Å². The second kappa shape index (κ2) is 5.89. The molecule has 0 aliphatic heterocycles. The highest BCUT2D eigenvalue weighted by Gasteiger charge is 2.08. The van der Waals surface area contributed by atoms with Crippen LogP contribution in [0, 0.1) is 6.92 Å². The van der Waals surface area contributed by atoms with Gasteiger partial charge >= 0.3 is 0 Å². The van der Waals surface area contributed by atoms with E-state index in [1.807, 2.05) is 35.8 Å². The maximum absolute atomic E-state index is 5.93. The van der Waals surface area contributed by atoms with Gasteiger partial charge in [0.1, 0.15) is 12.4 Å². The number of hydrogen-bond acceptors (Lipinski definition) is 3. The van der Waals surface area contributed by atoms with Gasteiger partial charge < -0.3 is 4.74 Å². The second-order valence-corrected chi connectivity index (χ2v) is 6.35. The summed E-state index contributed by atoms with van der Waals surface area (Å²) in [6, 6.07) is 16.4. The smallest absolute Gasteiger partial charge is 0.194 e. The summed E-state index contributed by atoms with van der Waals surface area (Å²) in [4.78, 5) is 5.66. The number of rotatable bonds is 4. The Kier molecular flexibility index (Phi) is 3.60. The van der Waals surface area contributed by atoms with E-state index in [1.165, 1.54) is 5.56 Å². The molecule has 4 rings (SSSR count). The van der Waals surface area contributed by atoms with Gasteiger partial charge in [0.05, 0.1) is 5.69 Å². The molecule has 2 aromatic carbocycles. The monoisotopic (exact) mass is 320 g/mol. The summed E-state index contributed by atoms with van der Waals surface area (Å²) in [7, 11) is 0. The molecule has 0 atom stereocenters. The zero-order valence-electron chi connectivity index (χ0n) is 12.8. The Hall–Kier alpha value is -2.59. The minimum absolute atomic E-state index is 0.585. The quantitative estimate of drug-likeness (QED) is 0.532. The van der Waals surface area contributed by atoms with Gasteiger partial charge in [-0.3, -0.25) is 4.40 Å². The van der Waals surface area contributed by atoms with Crippen LogP contribution in [-0.4, -0.2) is 9.38 Å². The average Bonchev–Trinajstić information content (AvgIpc) is 3.16. The second-order valence-electron chi connectivity index (χ2n) is 5.47. The van der Waals surface area contributed by atoms with Crippen LogP contribution in [0.1, 0.15) is 11.1 Å². The van der Waals surface area contributed by atoms with Crippen LogP contribution < -0.4 is 4.74 Å². The van der Waals surface area contributed by atoms with Crippen LogP contribution in [0.25, 0.3) is 16.2 Å². The predicted molar refractivity (Wildman–Crippen MR) is 94.0 cm³/mol. The number of fused-ring (bicyclic) bond motifs is 1. The topological polar surface area (TPSA) is 26.5 Å². The van der Waals surface area contributed by atoms with E-state index in [1.54, 1.807) is 11.3 Å². The summed E-state index contributed by atoms with van der Waals surface area (Å²) < 4.78 is 7.98. The summed E-state index contributed by atoms with van der Waals surface area (Å²) in [5, 5.41) is 2.04. The Morgan fingerprint density at radius 3 is 2.78 bits per heavy atom. The van der Waals surface area contributed by atoms with Crippen molar-refractivity contribution in [1.29, 1.82) is 0 Å². The largest absolute Gasteiger partial charge is 0.489 e.